The van der Waals surface area contributed by atoms with E-state index in [-0.39, 0.29) is 0 Å². The summed E-state index contributed by atoms with van der Waals surface area (Å²) < 4.78 is 0. The van der Waals surface area contributed by atoms with Crippen molar-refractivity contribution in [1.29, 1.82) is 0 Å². The van der Waals surface area contributed by atoms with E-state index < -0.39 is 0 Å². The molecule has 0 amide bonds. The van der Waals surface area contributed by atoms with E-state index in [1.807, 2.05) is 0 Å². The Morgan fingerprint density at radius 2 is 0.273 bits per heavy atom. The van der Waals surface area contributed by atoms with Crippen LogP contribution >= 0.6 is 0 Å². The van der Waals surface area contributed by atoms with E-state index in [4.69, 9.17) is 0 Å². The lowest BCUT2D eigenvalue weighted by molar-refractivity contribution is 1.51. The van der Waals surface area contributed by atoms with Crippen LogP contribution in [0, 0.1) is 0 Å². The molecule has 0 spiro atoms. The lowest BCUT2D eigenvalue weighted by Crippen LogP contribution is -1.99. The van der Waals surface area contributed by atoms with Crippen LogP contribution in [0.3, 0.4) is 0 Å². The first-order valence-electron chi connectivity index (χ1n) is 22.8. The largest absolute Gasteiger partial charge is 0.0622 e. The third-order valence-electron chi connectivity index (χ3n) is 12.7. The van der Waals surface area contributed by atoms with Crippen molar-refractivity contribution in [2.75, 3.05) is 0 Å². The fourth-order valence-electron chi connectivity index (χ4n) is 9.75. The molecule has 0 heteroatoms. The highest BCUT2D eigenvalue weighted by atomic mass is 14.3. The molecule has 0 nitrogen and oxygen atoms in total. The molecule has 0 unspecified atom stereocenters. The zero-order chi connectivity index (χ0) is 44.1. The fraction of sp³-hybridized carbons (Fsp3) is 0. The summed E-state index contributed by atoms with van der Waals surface area (Å²) in [5.74, 6) is 0. The number of rotatable bonds is 10. The molecule has 0 aliphatic carbocycles. The van der Waals surface area contributed by atoms with Gasteiger partial charge in [0.25, 0.3) is 0 Å². The van der Waals surface area contributed by atoms with Crippen LogP contribution < -0.4 is 0 Å². The summed E-state index contributed by atoms with van der Waals surface area (Å²) in [7, 11) is 0. The van der Waals surface area contributed by atoms with Crippen LogP contribution in [0.25, 0.3) is 111 Å². The van der Waals surface area contributed by atoms with Gasteiger partial charge in [0.2, 0.25) is 0 Å². The average Bonchev–Trinajstić information content (AvgIpc) is 3.41. The molecule has 0 radical (unpaired) electrons. The number of hydrogen-bond acceptors (Lipinski definition) is 0. The predicted octanol–water partition coefficient (Wildman–Crippen LogP) is 18.4. The van der Waals surface area contributed by atoms with Crippen LogP contribution in [0.15, 0.2) is 279 Å². The van der Waals surface area contributed by atoms with Crippen molar-refractivity contribution in [1.82, 2.24) is 0 Å². The van der Waals surface area contributed by atoms with Gasteiger partial charge in [-0.05, 0) is 123 Å². The van der Waals surface area contributed by atoms with Crippen molar-refractivity contribution in [3.05, 3.63) is 279 Å². The van der Waals surface area contributed by atoms with Crippen molar-refractivity contribution in [3.63, 3.8) is 0 Å². The quantitative estimate of drug-likeness (QED) is 0.129. The van der Waals surface area contributed by atoms with Crippen LogP contribution in [0.4, 0.5) is 0 Å². The molecule has 0 saturated heterocycles. The minimum Gasteiger partial charge on any atom is -0.0622 e. The highest BCUT2D eigenvalue weighted by molar-refractivity contribution is 6.10. The van der Waals surface area contributed by atoms with E-state index in [0.717, 1.165) is 11.1 Å². The van der Waals surface area contributed by atoms with Gasteiger partial charge in [0.05, 0.1) is 0 Å². The Morgan fingerprint density at radius 3 is 0.455 bits per heavy atom. The van der Waals surface area contributed by atoms with Crippen molar-refractivity contribution >= 4 is 0 Å². The van der Waals surface area contributed by atoms with Gasteiger partial charge in [0.15, 0.2) is 0 Å². The molecule has 0 aliphatic heterocycles. The summed E-state index contributed by atoms with van der Waals surface area (Å²) in [4.78, 5) is 0. The molecular formula is C66H46. The van der Waals surface area contributed by atoms with Gasteiger partial charge in [-0.1, -0.05) is 267 Å². The highest BCUT2D eigenvalue weighted by Crippen LogP contribution is 2.53. The maximum Gasteiger partial charge on any atom is -0.00143 e. The maximum atomic E-state index is 2.42. The molecule has 0 heterocycles. The van der Waals surface area contributed by atoms with Crippen LogP contribution in [0.2, 0.25) is 0 Å². The smallest absolute Gasteiger partial charge is 0.00143 e. The predicted molar refractivity (Wildman–Crippen MR) is 281 cm³/mol. The monoisotopic (exact) mass is 838 g/mol. The Morgan fingerprint density at radius 1 is 0.121 bits per heavy atom. The normalized spacial score (nSPS) is 11.0. The topological polar surface area (TPSA) is 0 Å². The lowest BCUT2D eigenvalue weighted by atomic mass is 9.77. The molecule has 11 aromatic rings. The van der Waals surface area contributed by atoms with Crippen LogP contribution in [0.1, 0.15) is 0 Å². The number of benzene rings is 11. The van der Waals surface area contributed by atoms with E-state index in [1.54, 1.807) is 0 Å². The Kier molecular flexibility index (Phi) is 11.1. The van der Waals surface area contributed by atoms with Gasteiger partial charge in [0, 0.05) is 0 Å². The van der Waals surface area contributed by atoms with E-state index in [1.165, 1.54) is 100 Å². The summed E-state index contributed by atoms with van der Waals surface area (Å²) in [6.07, 6.45) is 0. The van der Waals surface area contributed by atoms with Crippen LogP contribution in [0.5, 0.6) is 0 Å². The molecule has 0 aliphatic rings. The molecule has 0 aromatic heterocycles. The minimum atomic E-state index is 1.15. The van der Waals surface area contributed by atoms with Gasteiger partial charge in [-0.25, -0.2) is 0 Å². The second kappa shape index (κ2) is 18.3. The molecule has 0 N–H and O–H groups in total. The van der Waals surface area contributed by atoms with E-state index in [0.29, 0.717) is 0 Å². The molecule has 66 heavy (non-hydrogen) atoms. The lowest BCUT2D eigenvalue weighted by Gasteiger charge is -2.26. The zero-order valence-corrected chi connectivity index (χ0v) is 36.6. The van der Waals surface area contributed by atoms with E-state index >= 15 is 0 Å². The summed E-state index contributed by atoms with van der Waals surface area (Å²) in [6.45, 7) is 0. The van der Waals surface area contributed by atoms with E-state index in [2.05, 4.69) is 279 Å². The molecule has 0 atom stereocenters. The molecule has 310 valence electrons. The highest BCUT2D eigenvalue weighted by Gasteiger charge is 2.26. The Balaban J connectivity index is 1.26. The first-order valence-corrected chi connectivity index (χ1v) is 22.8. The fourth-order valence-corrected chi connectivity index (χ4v) is 9.75. The SMILES string of the molecule is c1ccc(-c2cc(-c3ccccc3)c(-c3ccccc3)c(-c3ccc(-c4c(-c5ccccc5)c(-c5ccccc5)cc(-c5ccccc5)c4-c4ccccc4)cc3)c2-c2ccccc2)cc1. The van der Waals surface area contributed by atoms with Crippen molar-refractivity contribution in [2.24, 2.45) is 0 Å². The molecule has 0 fully saturated rings. The van der Waals surface area contributed by atoms with Crippen molar-refractivity contribution in [3.8, 4) is 111 Å². The Labute approximate surface area is 388 Å². The summed E-state index contributed by atoms with van der Waals surface area (Å²) in [6, 6.07) is 102. The van der Waals surface area contributed by atoms with Gasteiger partial charge >= 0.3 is 0 Å². The van der Waals surface area contributed by atoms with Crippen molar-refractivity contribution in [2.45, 2.75) is 0 Å². The van der Waals surface area contributed by atoms with Crippen LogP contribution in [-0.4, -0.2) is 0 Å². The van der Waals surface area contributed by atoms with Gasteiger partial charge in [-0.15, -0.1) is 0 Å². The molecule has 11 aromatic carbocycles. The van der Waals surface area contributed by atoms with E-state index in [9.17, 15) is 0 Å². The average molecular weight is 839 g/mol. The van der Waals surface area contributed by atoms with Crippen LogP contribution in [-0.2, 0) is 0 Å². The Bertz CT molecular complexity index is 2930. The maximum absolute atomic E-state index is 2.42. The minimum absolute atomic E-state index is 1.15. The first kappa shape index (κ1) is 40.2. The zero-order valence-electron chi connectivity index (χ0n) is 36.6. The van der Waals surface area contributed by atoms with Gasteiger partial charge in [-0.2, -0.15) is 0 Å². The summed E-state index contributed by atoms with van der Waals surface area (Å²) in [5.41, 5.74) is 23.7. The summed E-state index contributed by atoms with van der Waals surface area (Å²) >= 11 is 0. The third-order valence-corrected chi connectivity index (χ3v) is 12.7. The third kappa shape index (κ3) is 7.76. The molecule has 11 rings (SSSR count). The van der Waals surface area contributed by atoms with Gasteiger partial charge in [-0.3, -0.25) is 0 Å². The van der Waals surface area contributed by atoms with Crippen molar-refractivity contribution < 1.29 is 0 Å². The van der Waals surface area contributed by atoms with Gasteiger partial charge in [0.1, 0.15) is 0 Å². The van der Waals surface area contributed by atoms with Gasteiger partial charge < -0.3 is 0 Å². The number of hydrogen-bond donors (Lipinski definition) is 0. The second-order valence-electron chi connectivity index (χ2n) is 16.7. The second-order valence-corrected chi connectivity index (χ2v) is 16.7. The molecular weight excluding hydrogens is 793 g/mol. The molecule has 0 bridgehead atoms. The standard InChI is InChI=1S/C66H46/c1-9-25-47(26-10-1)57-45-58(48-27-11-2-12-28-48)62(52-35-19-6-20-36-52)65(61(57)51-33-17-5-18-34-51)55-41-43-56(44-42-55)66-63(53-37-21-7-22-38-53)59(49-29-13-3-14-30-49)46-60(50-31-15-4-16-32-50)64(66)54-39-23-8-24-40-54/h1-46H. The first-order chi connectivity index (χ1) is 32.8. The summed E-state index contributed by atoms with van der Waals surface area (Å²) in [5, 5.41) is 0. The molecule has 0 saturated carbocycles. The Hall–Kier alpha value is -8.58.